The van der Waals surface area contributed by atoms with Crippen LogP contribution in [0.25, 0.3) is 133 Å². The number of furan rings is 2. The van der Waals surface area contributed by atoms with Gasteiger partial charge in [0.25, 0.3) is 0 Å². The monoisotopic (exact) mass is 978 g/mol. The van der Waals surface area contributed by atoms with Crippen molar-refractivity contribution < 1.29 is 8.83 Å². The molecule has 13 aromatic rings. The Kier molecular flexibility index (Phi) is 9.30. The minimum atomic E-state index is -2.47. The maximum absolute atomic E-state index is 7.23. The zero-order valence-corrected chi connectivity index (χ0v) is 43.8. The van der Waals surface area contributed by atoms with Crippen molar-refractivity contribution in [2.75, 3.05) is 0 Å². The number of hydrogen-bond acceptors (Lipinski definition) is 2. The fourth-order valence-corrected chi connectivity index (χ4v) is 21.6. The molecule has 350 valence electrons. The Balaban J connectivity index is 0.978. The summed E-state index contributed by atoms with van der Waals surface area (Å²) in [7, 11) is -4.95. The van der Waals surface area contributed by atoms with Gasteiger partial charge in [-0.2, -0.15) is 0 Å². The third-order valence-electron chi connectivity index (χ3n) is 16.6. The second kappa shape index (κ2) is 16.0. The number of fused-ring (bicyclic) bond motifs is 15. The molecule has 0 spiro atoms. The van der Waals surface area contributed by atoms with Gasteiger partial charge in [0.2, 0.25) is 0 Å². The van der Waals surface area contributed by atoms with E-state index in [4.69, 9.17) is 8.83 Å². The maximum Gasteiger partial charge on any atom is 0.143 e. The maximum atomic E-state index is 7.23. The topological polar surface area (TPSA) is 26.3 Å². The van der Waals surface area contributed by atoms with Gasteiger partial charge < -0.3 is 8.83 Å². The summed E-state index contributed by atoms with van der Waals surface area (Å²) >= 11 is 0. The van der Waals surface area contributed by atoms with Crippen LogP contribution in [0, 0.1) is 0 Å². The fourth-order valence-electron chi connectivity index (χ4n) is 13.1. The van der Waals surface area contributed by atoms with E-state index in [9.17, 15) is 0 Å². The summed E-state index contributed by atoms with van der Waals surface area (Å²) in [6.45, 7) is 10.4. The van der Waals surface area contributed by atoms with Gasteiger partial charge in [-0.15, -0.1) is 0 Å². The second-order valence-electron chi connectivity index (χ2n) is 21.5. The van der Waals surface area contributed by atoms with E-state index in [1.165, 1.54) is 110 Å². The lowest BCUT2D eigenvalue weighted by molar-refractivity contribution is 0.670. The van der Waals surface area contributed by atoms with Gasteiger partial charge in [0, 0.05) is 32.7 Å². The first-order chi connectivity index (χ1) is 36.2. The van der Waals surface area contributed by atoms with E-state index in [1.54, 1.807) is 10.4 Å². The van der Waals surface area contributed by atoms with Crippen molar-refractivity contribution in [3.63, 3.8) is 0 Å². The Bertz CT molecular complexity index is 4050. The summed E-state index contributed by atoms with van der Waals surface area (Å²) < 4.78 is 14.5. The van der Waals surface area contributed by atoms with E-state index >= 15 is 0 Å². The SMILES string of the molecule is C[Si]1(C)c2cc(-c3cc(-c4ccccc4)cc(-c4ccccc4)c3)c3c(oc4ccccc43)c2-c2ccc3c(c21)[Si](C)(C)c1cc(-c2cc(-c4ccccc4)cc(-c4ccccc4)c2)c2c(oc4ccccc42)c1-3. The quantitative estimate of drug-likeness (QED) is 0.155. The molecule has 74 heavy (non-hydrogen) atoms. The first-order valence-corrected chi connectivity index (χ1v) is 31.9. The van der Waals surface area contributed by atoms with E-state index in [0.717, 1.165) is 33.1 Å². The van der Waals surface area contributed by atoms with Crippen molar-refractivity contribution in [1.82, 2.24) is 0 Å². The van der Waals surface area contributed by atoms with Gasteiger partial charge in [-0.3, -0.25) is 0 Å². The van der Waals surface area contributed by atoms with Crippen LogP contribution in [0.4, 0.5) is 0 Å². The zero-order valence-electron chi connectivity index (χ0n) is 41.8. The molecule has 15 rings (SSSR count). The molecule has 0 amide bonds. The highest BCUT2D eigenvalue weighted by atomic mass is 28.3. The van der Waals surface area contributed by atoms with Gasteiger partial charge in [-0.05, 0) is 147 Å². The average Bonchev–Trinajstić information content (AvgIpc) is 4.19. The van der Waals surface area contributed by atoms with E-state index in [0.29, 0.717) is 0 Å². The third-order valence-corrected chi connectivity index (χ3v) is 23.8. The van der Waals surface area contributed by atoms with Crippen LogP contribution >= 0.6 is 0 Å². The molecular weight excluding hydrogens is 929 g/mol. The van der Waals surface area contributed by atoms with Crippen LogP contribution in [0.15, 0.2) is 239 Å². The molecule has 4 heteroatoms. The van der Waals surface area contributed by atoms with Crippen LogP contribution < -0.4 is 20.7 Å². The summed E-state index contributed by atoms with van der Waals surface area (Å²) in [5, 5.41) is 10.7. The van der Waals surface area contributed by atoms with Gasteiger partial charge in [0.1, 0.15) is 38.5 Å². The minimum absolute atomic E-state index is 0.919. The second-order valence-corrected chi connectivity index (χ2v) is 30.1. The van der Waals surface area contributed by atoms with Crippen molar-refractivity contribution in [2.24, 2.45) is 0 Å². The highest BCUT2D eigenvalue weighted by Crippen LogP contribution is 2.49. The van der Waals surface area contributed by atoms with Crippen LogP contribution in [0.5, 0.6) is 0 Å². The first kappa shape index (κ1) is 43.1. The number of para-hydroxylation sites is 2. The predicted molar refractivity (Wildman–Crippen MR) is 318 cm³/mol. The Labute approximate surface area is 432 Å². The molecule has 0 radical (unpaired) electrons. The van der Waals surface area contributed by atoms with E-state index in [2.05, 4.69) is 257 Å². The smallest absolute Gasteiger partial charge is 0.143 e. The van der Waals surface area contributed by atoms with Crippen molar-refractivity contribution in [1.29, 1.82) is 0 Å². The van der Waals surface area contributed by atoms with Crippen molar-refractivity contribution in [2.45, 2.75) is 26.2 Å². The first-order valence-electron chi connectivity index (χ1n) is 25.9. The molecule has 0 saturated carbocycles. The molecule has 2 nitrogen and oxygen atoms in total. The molecule has 0 unspecified atom stereocenters. The summed E-state index contributed by atoms with van der Waals surface area (Å²) in [5.74, 6) is 0. The van der Waals surface area contributed by atoms with Gasteiger partial charge in [-0.1, -0.05) is 208 Å². The minimum Gasteiger partial charge on any atom is -0.455 e. The molecule has 2 aromatic heterocycles. The van der Waals surface area contributed by atoms with Crippen molar-refractivity contribution >= 4 is 80.8 Å². The number of benzene rings is 11. The van der Waals surface area contributed by atoms with Crippen LogP contribution in [0.1, 0.15) is 0 Å². The van der Waals surface area contributed by atoms with Crippen molar-refractivity contribution in [3.8, 4) is 89.0 Å². The lowest BCUT2D eigenvalue weighted by atomic mass is 9.89. The fraction of sp³-hybridized carbons (Fsp3) is 0.0571. The van der Waals surface area contributed by atoms with E-state index < -0.39 is 16.1 Å². The van der Waals surface area contributed by atoms with Crippen LogP contribution in [-0.4, -0.2) is 16.1 Å². The molecule has 0 N–H and O–H groups in total. The Morgan fingerprint density at radius 1 is 0.270 bits per heavy atom. The van der Waals surface area contributed by atoms with Gasteiger partial charge in [-0.25, -0.2) is 0 Å². The summed E-state index contributed by atoms with van der Waals surface area (Å²) in [5.41, 5.74) is 23.5. The molecular formula is C70H50O2Si2. The van der Waals surface area contributed by atoms with Crippen LogP contribution in [-0.2, 0) is 0 Å². The molecule has 2 aliphatic rings. The van der Waals surface area contributed by atoms with Crippen LogP contribution in [0.2, 0.25) is 26.2 Å². The normalized spacial score (nSPS) is 13.9. The molecule has 0 aliphatic carbocycles. The Morgan fingerprint density at radius 2 is 0.568 bits per heavy atom. The van der Waals surface area contributed by atoms with Crippen molar-refractivity contribution in [3.05, 3.63) is 231 Å². The van der Waals surface area contributed by atoms with Gasteiger partial charge in [0.15, 0.2) is 0 Å². The lowest BCUT2D eigenvalue weighted by Gasteiger charge is -2.28. The molecule has 0 atom stereocenters. The molecule has 11 aromatic carbocycles. The number of hydrogen-bond donors (Lipinski definition) is 0. The Morgan fingerprint density at radius 3 is 0.905 bits per heavy atom. The summed E-state index contributed by atoms with van der Waals surface area (Å²) in [4.78, 5) is 0. The highest BCUT2D eigenvalue weighted by Gasteiger charge is 2.50. The zero-order chi connectivity index (χ0) is 49.5. The molecule has 0 bridgehead atoms. The number of rotatable bonds is 6. The van der Waals surface area contributed by atoms with E-state index in [-0.39, 0.29) is 0 Å². The highest BCUT2D eigenvalue weighted by molar-refractivity contribution is 7.13. The predicted octanol–water partition coefficient (Wildman–Crippen LogP) is 17.1. The van der Waals surface area contributed by atoms with Gasteiger partial charge >= 0.3 is 0 Å². The van der Waals surface area contributed by atoms with Gasteiger partial charge in [0.05, 0.1) is 0 Å². The standard InChI is InChI=1S/C70H50O2Si2/c1-73(2)61-41-57(51-37-47(43-21-9-5-10-22-43)35-48(38-51)44-23-11-6-12-24-44)63-53-29-17-19-31-59(53)71-67(63)65(61)55-33-34-56-66-62(74(3,4)70(56)69(55)73)42-58(64-54-30-18-20-32-60(54)72-68(64)66)52-39-49(45-25-13-7-14-26-45)36-50(40-52)46-27-15-8-16-28-46/h5-42H,1-4H3. The third kappa shape index (κ3) is 6.28. The summed E-state index contributed by atoms with van der Waals surface area (Å²) in [6.07, 6.45) is 0. The van der Waals surface area contributed by atoms with Crippen LogP contribution in [0.3, 0.4) is 0 Å². The van der Waals surface area contributed by atoms with E-state index in [1.807, 2.05) is 0 Å². The summed E-state index contributed by atoms with van der Waals surface area (Å²) in [6, 6.07) is 85.0. The largest absolute Gasteiger partial charge is 0.455 e. The Hall–Kier alpha value is -8.55. The molecule has 0 saturated heterocycles. The lowest BCUT2D eigenvalue weighted by Crippen LogP contribution is -2.63. The molecule has 2 aliphatic heterocycles. The molecule has 4 heterocycles. The average molecular weight is 979 g/mol. The molecule has 0 fully saturated rings.